The molecule has 1 aliphatic rings. The molecule has 0 saturated carbocycles. The number of benzene rings is 1. The minimum Gasteiger partial charge on any atom is -0.0737 e. The number of hydrogen-bond donors (Lipinski definition) is 0. The van der Waals surface area contributed by atoms with Gasteiger partial charge in [0.05, 0.1) is 8.07 Å². The number of hydrogen-bond acceptors (Lipinski definition) is 0. The molecule has 1 aliphatic carbocycles. The third-order valence-electron chi connectivity index (χ3n) is 6.03. The summed E-state index contributed by atoms with van der Waals surface area (Å²) in [4.78, 5) is 0. The summed E-state index contributed by atoms with van der Waals surface area (Å²) < 4.78 is 0. The second kappa shape index (κ2) is 5.96. The van der Waals surface area contributed by atoms with Gasteiger partial charge in [0, 0.05) is 5.04 Å². The molecule has 2 rings (SSSR count). The van der Waals surface area contributed by atoms with Crippen LogP contribution in [0.5, 0.6) is 0 Å². The predicted molar refractivity (Wildman–Crippen MR) is 97.9 cm³/mol. The summed E-state index contributed by atoms with van der Waals surface area (Å²) in [6.45, 7) is 14.4. The molecule has 0 saturated heterocycles. The van der Waals surface area contributed by atoms with E-state index >= 15 is 0 Å². The van der Waals surface area contributed by atoms with Gasteiger partial charge >= 0.3 is 0 Å². The number of allylic oxidation sites excluding steroid dienone is 4. The molecule has 0 N–H and O–H groups in total. The molecule has 0 fully saturated rings. The molecular formula is C20H30Si. The van der Waals surface area contributed by atoms with Crippen molar-refractivity contribution in [1.29, 1.82) is 0 Å². The predicted octanol–water partition coefficient (Wildman–Crippen LogP) is 5.83. The highest BCUT2D eigenvalue weighted by Crippen LogP contribution is 2.54. The zero-order chi connectivity index (χ0) is 15.7. The van der Waals surface area contributed by atoms with Crippen LogP contribution in [0.4, 0.5) is 0 Å². The Balaban J connectivity index is 2.57. The van der Waals surface area contributed by atoms with Gasteiger partial charge in [-0.3, -0.25) is 0 Å². The summed E-state index contributed by atoms with van der Waals surface area (Å²) in [6.07, 6.45) is 5.20. The van der Waals surface area contributed by atoms with Gasteiger partial charge in [0.2, 0.25) is 0 Å². The Morgan fingerprint density at radius 3 is 2.14 bits per heavy atom. The van der Waals surface area contributed by atoms with E-state index in [0.717, 1.165) is 0 Å². The maximum Gasteiger partial charge on any atom is 0.0976 e. The molecule has 0 radical (unpaired) electrons. The Kier molecular flexibility index (Phi) is 4.62. The molecule has 1 aromatic carbocycles. The molecule has 0 spiro atoms. The Labute approximate surface area is 132 Å². The standard InChI is InChI=1S/C20H30Si/c1-7-8-14-21(6,19-12-10-9-11-13-19)20(5)15-16(2)17(3)18(20)4/h9-13,15H,7-8,14H2,1-6H3. The highest BCUT2D eigenvalue weighted by molar-refractivity contribution is 6.94. The monoisotopic (exact) mass is 298 g/mol. The molecule has 1 heteroatoms. The highest BCUT2D eigenvalue weighted by Gasteiger charge is 2.49. The van der Waals surface area contributed by atoms with Crippen molar-refractivity contribution in [2.24, 2.45) is 0 Å². The van der Waals surface area contributed by atoms with Gasteiger partial charge < -0.3 is 0 Å². The average molecular weight is 299 g/mol. The van der Waals surface area contributed by atoms with Crippen molar-refractivity contribution in [3.63, 3.8) is 0 Å². The van der Waals surface area contributed by atoms with Gasteiger partial charge in [-0.15, -0.1) is 0 Å². The summed E-state index contributed by atoms with van der Waals surface area (Å²) in [5.74, 6) is 0. The molecule has 0 aromatic heterocycles. The van der Waals surface area contributed by atoms with Crippen LogP contribution in [0.3, 0.4) is 0 Å². The summed E-state index contributed by atoms with van der Waals surface area (Å²) in [5, 5.41) is 1.87. The minimum absolute atomic E-state index is 0.262. The zero-order valence-electron chi connectivity index (χ0n) is 14.6. The van der Waals surface area contributed by atoms with E-state index in [-0.39, 0.29) is 5.04 Å². The van der Waals surface area contributed by atoms with Crippen LogP contribution in [0.25, 0.3) is 0 Å². The quantitative estimate of drug-likeness (QED) is 0.600. The van der Waals surface area contributed by atoms with Crippen molar-refractivity contribution in [3.8, 4) is 0 Å². The summed E-state index contributed by atoms with van der Waals surface area (Å²) in [7, 11) is -1.62. The molecule has 0 amide bonds. The summed E-state index contributed by atoms with van der Waals surface area (Å²) in [5.41, 5.74) is 4.61. The summed E-state index contributed by atoms with van der Waals surface area (Å²) >= 11 is 0. The average Bonchev–Trinajstić information content (AvgIpc) is 2.70. The number of rotatable bonds is 5. The van der Waals surface area contributed by atoms with Crippen LogP contribution >= 0.6 is 0 Å². The Hall–Kier alpha value is -1.08. The van der Waals surface area contributed by atoms with Crippen molar-refractivity contribution in [2.45, 2.75) is 65.1 Å². The molecule has 2 atom stereocenters. The van der Waals surface area contributed by atoms with Crippen molar-refractivity contribution in [1.82, 2.24) is 0 Å². The van der Waals surface area contributed by atoms with E-state index in [1.54, 1.807) is 10.8 Å². The fraction of sp³-hybridized carbons (Fsp3) is 0.500. The largest absolute Gasteiger partial charge is 0.0976 e. The van der Waals surface area contributed by atoms with Gasteiger partial charge in [0.15, 0.2) is 0 Å². The van der Waals surface area contributed by atoms with E-state index in [4.69, 9.17) is 0 Å². The van der Waals surface area contributed by atoms with Gasteiger partial charge in [-0.05, 0) is 26.3 Å². The van der Waals surface area contributed by atoms with E-state index in [2.05, 4.69) is 77.6 Å². The molecule has 114 valence electrons. The zero-order valence-corrected chi connectivity index (χ0v) is 15.6. The van der Waals surface area contributed by atoms with E-state index in [9.17, 15) is 0 Å². The van der Waals surface area contributed by atoms with E-state index in [1.165, 1.54) is 30.0 Å². The van der Waals surface area contributed by atoms with Crippen LogP contribution in [0.15, 0.2) is 53.1 Å². The second-order valence-corrected chi connectivity index (χ2v) is 11.9. The van der Waals surface area contributed by atoms with Crippen LogP contribution in [0.1, 0.15) is 47.5 Å². The van der Waals surface area contributed by atoms with E-state index < -0.39 is 8.07 Å². The first-order valence-electron chi connectivity index (χ1n) is 8.30. The van der Waals surface area contributed by atoms with Gasteiger partial charge in [-0.1, -0.05) is 92.0 Å². The SMILES string of the molecule is CCCC[Si](C)(c1ccccc1)C1(C)C=C(C)C(C)=C1C. The maximum absolute atomic E-state index is 2.60. The molecule has 0 heterocycles. The smallest absolute Gasteiger partial charge is 0.0737 e. The third-order valence-corrected chi connectivity index (χ3v) is 11.8. The van der Waals surface area contributed by atoms with Crippen LogP contribution < -0.4 is 5.19 Å². The number of unbranched alkanes of at least 4 members (excludes halogenated alkanes) is 1. The van der Waals surface area contributed by atoms with Crippen LogP contribution in [-0.4, -0.2) is 8.07 Å². The van der Waals surface area contributed by atoms with Crippen molar-refractivity contribution in [2.75, 3.05) is 0 Å². The van der Waals surface area contributed by atoms with E-state index in [0.29, 0.717) is 0 Å². The fourth-order valence-electron chi connectivity index (χ4n) is 3.95. The highest BCUT2D eigenvalue weighted by atomic mass is 28.3. The first kappa shape index (κ1) is 16.3. The maximum atomic E-state index is 2.60. The molecule has 1 aromatic rings. The van der Waals surface area contributed by atoms with Crippen molar-refractivity contribution < 1.29 is 0 Å². The molecule has 0 nitrogen and oxygen atoms in total. The third kappa shape index (κ3) is 2.57. The lowest BCUT2D eigenvalue weighted by Gasteiger charge is -2.44. The van der Waals surface area contributed by atoms with Crippen LogP contribution in [0, 0.1) is 0 Å². The summed E-state index contributed by atoms with van der Waals surface area (Å²) in [6, 6.07) is 12.7. The van der Waals surface area contributed by atoms with Gasteiger partial charge in [0.25, 0.3) is 0 Å². The van der Waals surface area contributed by atoms with E-state index in [1.807, 2.05) is 0 Å². The van der Waals surface area contributed by atoms with Crippen molar-refractivity contribution in [3.05, 3.63) is 53.1 Å². The lowest BCUT2D eigenvalue weighted by Crippen LogP contribution is -2.53. The lowest BCUT2D eigenvalue weighted by molar-refractivity contribution is 0.803. The molecule has 0 aliphatic heterocycles. The lowest BCUT2D eigenvalue weighted by atomic mass is 10.0. The van der Waals surface area contributed by atoms with Crippen LogP contribution in [-0.2, 0) is 0 Å². The molecule has 0 bridgehead atoms. The second-order valence-electron chi connectivity index (χ2n) is 7.08. The van der Waals surface area contributed by atoms with Crippen LogP contribution in [0.2, 0.25) is 17.6 Å². The topological polar surface area (TPSA) is 0 Å². The first-order chi connectivity index (χ1) is 9.87. The van der Waals surface area contributed by atoms with Gasteiger partial charge in [-0.25, -0.2) is 0 Å². The Morgan fingerprint density at radius 1 is 1.05 bits per heavy atom. The Bertz CT molecular complexity index is 567. The molecule has 21 heavy (non-hydrogen) atoms. The molecular weight excluding hydrogens is 268 g/mol. The molecule has 2 unspecified atom stereocenters. The first-order valence-corrected chi connectivity index (χ1v) is 11.0. The Morgan fingerprint density at radius 2 is 1.67 bits per heavy atom. The van der Waals surface area contributed by atoms with Gasteiger partial charge in [-0.2, -0.15) is 0 Å². The van der Waals surface area contributed by atoms with Gasteiger partial charge in [0.1, 0.15) is 0 Å². The van der Waals surface area contributed by atoms with Crippen molar-refractivity contribution >= 4 is 13.3 Å². The fourth-order valence-corrected chi connectivity index (χ4v) is 8.89. The minimum atomic E-state index is -1.62. The normalized spacial score (nSPS) is 25.0.